The third kappa shape index (κ3) is 1.78. The smallest absolute Gasteiger partial charge is 0.339 e. The van der Waals surface area contributed by atoms with E-state index >= 15 is 0 Å². The van der Waals surface area contributed by atoms with Crippen molar-refractivity contribution in [1.82, 2.24) is 9.78 Å². The maximum Gasteiger partial charge on any atom is 0.339 e. The van der Waals surface area contributed by atoms with Gasteiger partial charge in [0.15, 0.2) is 0 Å². The molecular formula is C10H16N2O2. The fraction of sp³-hybridized carbons (Fsp3) is 0.600. The molecule has 4 heteroatoms. The van der Waals surface area contributed by atoms with E-state index in [4.69, 9.17) is 5.11 Å². The fourth-order valence-electron chi connectivity index (χ4n) is 1.31. The van der Waals surface area contributed by atoms with E-state index < -0.39 is 5.97 Å². The molecule has 1 heterocycles. The molecule has 0 atom stereocenters. The van der Waals surface area contributed by atoms with Gasteiger partial charge in [0.05, 0.1) is 5.69 Å². The highest BCUT2D eigenvalue weighted by Gasteiger charge is 2.27. The van der Waals surface area contributed by atoms with Crippen LogP contribution in [0.25, 0.3) is 0 Å². The van der Waals surface area contributed by atoms with Gasteiger partial charge in [-0.3, -0.25) is 4.68 Å². The lowest BCUT2D eigenvalue weighted by Gasteiger charge is -2.20. The Bertz CT molecular complexity index is 353. The summed E-state index contributed by atoms with van der Waals surface area (Å²) >= 11 is 0. The van der Waals surface area contributed by atoms with E-state index in [0.29, 0.717) is 11.3 Å². The molecular weight excluding hydrogens is 180 g/mol. The van der Waals surface area contributed by atoms with Gasteiger partial charge in [0.1, 0.15) is 5.56 Å². The van der Waals surface area contributed by atoms with Gasteiger partial charge in [-0.2, -0.15) is 5.10 Å². The van der Waals surface area contributed by atoms with E-state index in [1.54, 1.807) is 17.9 Å². The summed E-state index contributed by atoms with van der Waals surface area (Å²) in [4.78, 5) is 10.9. The highest BCUT2D eigenvalue weighted by Crippen LogP contribution is 2.27. The molecule has 0 spiro atoms. The van der Waals surface area contributed by atoms with Crippen LogP contribution in [0, 0.1) is 0 Å². The van der Waals surface area contributed by atoms with Gasteiger partial charge in [0, 0.05) is 18.7 Å². The van der Waals surface area contributed by atoms with Crippen LogP contribution in [0.2, 0.25) is 0 Å². The number of hydrogen-bond acceptors (Lipinski definition) is 2. The zero-order valence-electron chi connectivity index (χ0n) is 9.03. The summed E-state index contributed by atoms with van der Waals surface area (Å²) in [6, 6.07) is 0. The minimum absolute atomic E-state index is 0.186. The van der Waals surface area contributed by atoms with E-state index in [2.05, 4.69) is 5.10 Å². The summed E-state index contributed by atoms with van der Waals surface area (Å²) in [5, 5.41) is 13.2. The summed E-state index contributed by atoms with van der Waals surface area (Å²) in [6.07, 6.45) is 2.42. The van der Waals surface area contributed by atoms with Gasteiger partial charge >= 0.3 is 5.97 Å². The van der Waals surface area contributed by atoms with Crippen LogP contribution in [-0.4, -0.2) is 20.9 Å². The molecule has 78 valence electrons. The lowest BCUT2D eigenvalue weighted by molar-refractivity contribution is 0.0694. The number of carboxylic acid groups (broad SMARTS) is 1. The van der Waals surface area contributed by atoms with Gasteiger partial charge < -0.3 is 5.11 Å². The lowest BCUT2D eigenvalue weighted by Crippen LogP contribution is -2.20. The average Bonchev–Trinajstić information content (AvgIpc) is 2.48. The van der Waals surface area contributed by atoms with Crippen LogP contribution in [0.4, 0.5) is 0 Å². The number of carbonyl (C=O) groups is 1. The second-order valence-electron chi connectivity index (χ2n) is 4.11. The largest absolute Gasteiger partial charge is 0.478 e. The highest BCUT2D eigenvalue weighted by molar-refractivity contribution is 5.89. The Morgan fingerprint density at radius 3 is 2.64 bits per heavy atom. The molecule has 0 fully saturated rings. The summed E-state index contributed by atoms with van der Waals surface area (Å²) in [5.41, 5.74) is 0.781. The zero-order chi connectivity index (χ0) is 10.9. The van der Waals surface area contributed by atoms with Gasteiger partial charge in [-0.05, 0) is 6.42 Å². The Morgan fingerprint density at radius 2 is 2.21 bits per heavy atom. The van der Waals surface area contributed by atoms with E-state index in [0.717, 1.165) is 6.42 Å². The maximum atomic E-state index is 10.9. The molecule has 0 bridgehead atoms. The predicted octanol–water partition coefficient (Wildman–Crippen LogP) is 1.81. The summed E-state index contributed by atoms with van der Waals surface area (Å²) in [5.74, 6) is -0.908. The second kappa shape index (κ2) is 3.44. The van der Waals surface area contributed by atoms with Crippen LogP contribution < -0.4 is 0 Å². The number of aromatic carboxylic acids is 1. The topological polar surface area (TPSA) is 55.1 Å². The Balaban J connectivity index is 3.26. The molecule has 1 N–H and O–H groups in total. The number of carboxylic acids is 1. The van der Waals surface area contributed by atoms with Crippen molar-refractivity contribution < 1.29 is 9.90 Å². The molecule has 1 rings (SSSR count). The van der Waals surface area contributed by atoms with E-state index in [1.807, 2.05) is 20.8 Å². The summed E-state index contributed by atoms with van der Waals surface area (Å²) in [7, 11) is 1.74. The van der Waals surface area contributed by atoms with Gasteiger partial charge in [-0.1, -0.05) is 20.8 Å². The van der Waals surface area contributed by atoms with E-state index in [1.165, 1.54) is 0 Å². The first-order valence-corrected chi connectivity index (χ1v) is 4.66. The minimum atomic E-state index is -0.908. The zero-order valence-corrected chi connectivity index (χ0v) is 9.03. The van der Waals surface area contributed by atoms with Crippen LogP contribution in [0.3, 0.4) is 0 Å². The molecule has 0 radical (unpaired) electrons. The van der Waals surface area contributed by atoms with Crippen molar-refractivity contribution in [3.63, 3.8) is 0 Å². The first-order chi connectivity index (χ1) is 6.38. The molecule has 0 aromatic carbocycles. The van der Waals surface area contributed by atoms with Gasteiger partial charge in [0.25, 0.3) is 0 Å². The minimum Gasteiger partial charge on any atom is -0.478 e. The molecule has 0 amide bonds. The number of hydrogen-bond donors (Lipinski definition) is 1. The average molecular weight is 196 g/mol. The van der Waals surface area contributed by atoms with Crippen molar-refractivity contribution in [2.75, 3.05) is 0 Å². The quantitative estimate of drug-likeness (QED) is 0.802. The molecule has 14 heavy (non-hydrogen) atoms. The van der Waals surface area contributed by atoms with Crippen LogP contribution >= 0.6 is 0 Å². The molecule has 0 saturated heterocycles. The first kappa shape index (κ1) is 10.8. The predicted molar refractivity (Wildman–Crippen MR) is 53.5 cm³/mol. The van der Waals surface area contributed by atoms with Crippen molar-refractivity contribution in [2.24, 2.45) is 7.05 Å². The molecule has 1 aromatic rings. The second-order valence-corrected chi connectivity index (χ2v) is 4.11. The molecule has 0 aliphatic rings. The number of rotatable bonds is 3. The van der Waals surface area contributed by atoms with Gasteiger partial charge in [-0.15, -0.1) is 0 Å². The van der Waals surface area contributed by atoms with Crippen LogP contribution in [0.1, 0.15) is 43.2 Å². The third-order valence-corrected chi connectivity index (χ3v) is 2.58. The first-order valence-electron chi connectivity index (χ1n) is 4.66. The fourth-order valence-corrected chi connectivity index (χ4v) is 1.31. The number of aromatic nitrogens is 2. The summed E-state index contributed by atoms with van der Waals surface area (Å²) in [6.45, 7) is 6.03. The highest BCUT2D eigenvalue weighted by atomic mass is 16.4. The van der Waals surface area contributed by atoms with Crippen LogP contribution in [0.15, 0.2) is 6.20 Å². The third-order valence-electron chi connectivity index (χ3n) is 2.58. The normalized spacial score (nSPS) is 11.7. The Hall–Kier alpha value is -1.32. The Kier molecular flexibility index (Phi) is 2.64. The summed E-state index contributed by atoms with van der Waals surface area (Å²) < 4.78 is 1.55. The van der Waals surface area contributed by atoms with Crippen molar-refractivity contribution in [3.05, 3.63) is 17.5 Å². The SMILES string of the molecule is CCC(C)(C)c1nn(C)cc1C(=O)O. The monoisotopic (exact) mass is 196 g/mol. The Labute approximate surface area is 83.5 Å². The molecule has 0 saturated carbocycles. The van der Waals surface area contributed by atoms with E-state index in [-0.39, 0.29) is 5.41 Å². The van der Waals surface area contributed by atoms with E-state index in [9.17, 15) is 4.79 Å². The van der Waals surface area contributed by atoms with Crippen molar-refractivity contribution in [2.45, 2.75) is 32.6 Å². The standard InChI is InChI=1S/C10H16N2O2/c1-5-10(2,3)8-7(9(13)14)6-12(4)11-8/h6H,5H2,1-4H3,(H,13,14). The van der Waals surface area contributed by atoms with Crippen molar-refractivity contribution >= 4 is 5.97 Å². The molecule has 0 aliphatic carbocycles. The lowest BCUT2D eigenvalue weighted by atomic mass is 9.84. The van der Waals surface area contributed by atoms with Gasteiger partial charge in [0.2, 0.25) is 0 Å². The number of nitrogens with zero attached hydrogens (tertiary/aromatic N) is 2. The van der Waals surface area contributed by atoms with Crippen molar-refractivity contribution in [3.8, 4) is 0 Å². The molecule has 0 unspecified atom stereocenters. The maximum absolute atomic E-state index is 10.9. The van der Waals surface area contributed by atoms with Gasteiger partial charge in [-0.25, -0.2) is 4.79 Å². The molecule has 4 nitrogen and oxygen atoms in total. The molecule has 1 aromatic heterocycles. The molecule has 0 aliphatic heterocycles. The Morgan fingerprint density at radius 1 is 1.64 bits per heavy atom. The number of aryl methyl sites for hydroxylation is 1. The van der Waals surface area contributed by atoms with Crippen molar-refractivity contribution in [1.29, 1.82) is 0 Å². The van der Waals surface area contributed by atoms with Crippen LogP contribution in [0.5, 0.6) is 0 Å². The van der Waals surface area contributed by atoms with Crippen LogP contribution in [-0.2, 0) is 12.5 Å².